The van der Waals surface area contributed by atoms with E-state index < -0.39 is 29.6 Å². The number of hydrogen-bond acceptors (Lipinski definition) is 7. The van der Waals surface area contributed by atoms with Crippen molar-refractivity contribution in [3.8, 4) is 0 Å². The summed E-state index contributed by atoms with van der Waals surface area (Å²) in [6.45, 7) is -0.328. The van der Waals surface area contributed by atoms with Gasteiger partial charge in [-0.2, -0.15) is 13.2 Å². The van der Waals surface area contributed by atoms with Crippen LogP contribution in [0.1, 0.15) is 15.9 Å². The zero-order chi connectivity index (χ0) is 24.2. The highest BCUT2D eigenvalue weighted by Crippen LogP contribution is 2.33. The number of para-hydroxylation sites is 2. The molecule has 0 fully saturated rings. The fourth-order valence-electron chi connectivity index (χ4n) is 3.15. The van der Waals surface area contributed by atoms with E-state index in [9.17, 15) is 27.6 Å². The lowest BCUT2D eigenvalue weighted by molar-refractivity contribution is -0.140. The van der Waals surface area contributed by atoms with E-state index in [2.05, 4.69) is 5.32 Å². The van der Waals surface area contributed by atoms with Gasteiger partial charge in [-0.15, -0.1) is 0 Å². The summed E-state index contributed by atoms with van der Waals surface area (Å²) in [5.74, 6) is -2.28. The molecular weight excluding hydrogens is 445 g/mol. The molecule has 0 saturated heterocycles. The number of alkyl halides is 3. The van der Waals surface area contributed by atoms with Gasteiger partial charge in [-0.1, -0.05) is 12.1 Å². The second-order valence-corrected chi connectivity index (χ2v) is 6.76. The van der Waals surface area contributed by atoms with Gasteiger partial charge in [0.05, 0.1) is 43.3 Å². The second kappa shape index (κ2) is 9.74. The Kier molecular flexibility index (Phi) is 7.02. The van der Waals surface area contributed by atoms with Crippen molar-refractivity contribution >= 4 is 29.2 Å². The van der Waals surface area contributed by atoms with Gasteiger partial charge in [0.1, 0.15) is 12.4 Å². The van der Waals surface area contributed by atoms with Crippen LogP contribution in [0.15, 0.2) is 59.8 Å². The maximum atomic E-state index is 12.8. The highest BCUT2D eigenvalue weighted by atomic mass is 19.4. The lowest BCUT2D eigenvalue weighted by Gasteiger charge is -2.32. The molecule has 1 amide bonds. The SMILES string of the molecule is COC(=O)C1=C(C(=O)OC)N(c2ccccc2NC(=O)c2ccc(C(F)(F)F)cc2)COC1. The van der Waals surface area contributed by atoms with Gasteiger partial charge in [0.25, 0.3) is 5.91 Å². The molecular formula is C22H19F3N2O6. The fourth-order valence-corrected chi connectivity index (χ4v) is 3.15. The predicted octanol–water partition coefficient (Wildman–Crippen LogP) is 3.35. The zero-order valence-corrected chi connectivity index (χ0v) is 17.6. The molecule has 3 rings (SSSR count). The Morgan fingerprint density at radius 3 is 2.21 bits per heavy atom. The van der Waals surface area contributed by atoms with Crippen LogP contribution in [-0.2, 0) is 30.0 Å². The Morgan fingerprint density at radius 1 is 0.970 bits per heavy atom. The Labute approximate surface area is 186 Å². The van der Waals surface area contributed by atoms with Crippen LogP contribution in [0.2, 0.25) is 0 Å². The average molecular weight is 464 g/mol. The number of nitrogens with zero attached hydrogens (tertiary/aromatic N) is 1. The molecule has 0 bridgehead atoms. The first-order valence-corrected chi connectivity index (χ1v) is 9.50. The van der Waals surface area contributed by atoms with Gasteiger partial charge in [0.15, 0.2) is 0 Å². The van der Waals surface area contributed by atoms with E-state index in [0.29, 0.717) is 5.69 Å². The van der Waals surface area contributed by atoms with Gasteiger partial charge in [-0.25, -0.2) is 9.59 Å². The Bertz CT molecular complexity index is 1100. The third kappa shape index (κ3) is 5.14. The third-order valence-corrected chi connectivity index (χ3v) is 4.75. The number of esters is 2. The summed E-state index contributed by atoms with van der Waals surface area (Å²) < 4.78 is 53.3. The molecule has 11 heteroatoms. The molecule has 1 aliphatic heterocycles. The maximum absolute atomic E-state index is 12.8. The van der Waals surface area contributed by atoms with Crippen molar-refractivity contribution in [3.63, 3.8) is 0 Å². The summed E-state index contributed by atoms with van der Waals surface area (Å²) in [6.07, 6.45) is -4.52. The Balaban J connectivity index is 1.96. The average Bonchev–Trinajstić information content (AvgIpc) is 2.82. The number of halogens is 3. The number of benzene rings is 2. The standard InChI is InChI=1S/C22H19F3N2O6/c1-31-20(29)15-11-33-12-27(18(15)21(30)32-2)17-6-4-3-5-16(17)26-19(28)13-7-9-14(10-8-13)22(23,24)25/h3-10H,11-12H2,1-2H3,(H,26,28). The highest BCUT2D eigenvalue weighted by molar-refractivity contribution is 6.08. The first-order valence-electron chi connectivity index (χ1n) is 9.50. The number of methoxy groups -OCH3 is 2. The molecule has 0 radical (unpaired) electrons. The van der Waals surface area contributed by atoms with E-state index in [1.165, 1.54) is 11.0 Å². The second-order valence-electron chi connectivity index (χ2n) is 6.76. The van der Waals surface area contributed by atoms with E-state index in [4.69, 9.17) is 14.2 Å². The summed E-state index contributed by atoms with van der Waals surface area (Å²) in [6, 6.07) is 10.1. The molecule has 0 aliphatic carbocycles. The predicted molar refractivity (Wildman–Crippen MR) is 110 cm³/mol. The summed E-state index contributed by atoms with van der Waals surface area (Å²) in [5.41, 5.74) is -0.566. The fraction of sp³-hybridized carbons (Fsp3) is 0.227. The summed E-state index contributed by atoms with van der Waals surface area (Å²) in [5, 5.41) is 2.61. The summed E-state index contributed by atoms with van der Waals surface area (Å²) >= 11 is 0. The van der Waals surface area contributed by atoms with Crippen molar-refractivity contribution in [2.45, 2.75) is 6.18 Å². The van der Waals surface area contributed by atoms with Crippen LogP contribution in [0.25, 0.3) is 0 Å². The topological polar surface area (TPSA) is 94.2 Å². The van der Waals surface area contributed by atoms with Gasteiger partial charge in [-0.05, 0) is 36.4 Å². The van der Waals surface area contributed by atoms with Crippen molar-refractivity contribution in [3.05, 3.63) is 70.9 Å². The quantitative estimate of drug-likeness (QED) is 0.679. The van der Waals surface area contributed by atoms with Crippen LogP contribution in [-0.4, -0.2) is 45.4 Å². The molecule has 0 saturated carbocycles. The molecule has 0 unspecified atom stereocenters. The van der Waals surface area contributed by atoms with Gasteiger partial charge in [0, 0.05) is 5.56 Å². The van der Waals surface area contributed by atoms with E-state index in [-0.39, 0.29) is 35.9 Å². The van der Waals surface area contributed by atoms with Crippen LogP contribution >= 0.6 is 0 Å². The molecule has 0 spiro atoms. The monoisotopic (exact) mass is 464 g/mol. The van der Waals surface area contributed by atoms with Gasteiger partial charge < -0.3 is 24.4 Å². The molecule has 0 aromatic heterocycles. The molecule has 2 aromatic carbocycles. The molecule has 174 valence electrons. The van der Waals surface area contributed by atoms with E-state index in [1.54, 1.807) is 18.2 Å². The molecule has 2 aromatic rings. The number of amides is 1. The number of ether oxygens (including phenoxy) is 3. The summed E-state index contributed by atoms with van der Waals surface area (Å²) in [4.78, 5) is 38.7. The maximum Gasteiger partial charge on any atom is 0.416 e. The lowest BCUT2D eigenvalue weighted by Crippen LogP contribution is -2.39. The minimum atomic E-state index is -4.52. The smallest absolute Gasteiger partial charge is 0.416 e. The minimum absolute atomic E-state index is 0.00770. The molecule has 1 heterocycles. The Morgan fingerprint density at radius 2 is 1.61 bits per heavy atom. The van der Waals surface area contributed by atoms with Crippen LogP contribution in [0.5, 0.6) is 0 Å². The number of hydrogen-bond donors (Lipinski definition) is 1. The Hall–Kier alpha value is -3.86. The summed E-state index contributed by atoms with van der Waals surface area (Å²) in [7, 11) is 2.30. The van der Waals surface area contributed by atoms with Crippen molar-refractivity contribution in [2.75, 3.05) is 37.8 Å². The van der Waals surface area contributed by atoms with E-state index in [1.807, 2.05) is 0 Å². The normalized spacial score (nSPS) is 14.0. The van der Waals surface area contributed by atoms with Gasteiger partial charge in [-0.3, -0.25) is 4.79 Å². The number of rotatable bonds is 5. The molecule has 1 N–H and O–H groups in total. The number of carbonyl (C=O) groups is 3. The van der Waals surface area contributed by atoms with Crippen LogP contribution < -0.4 is 10.2 Å². The van der Waals surface area contributed by atoms with Crippen molar-refractivity contribution in [2.24, 2.45) is 0 Å². The zero-order valence-electron chi connectivity index (χ0n) is 17.6. The van der Waals surface area contributed by atoms with Crippen LogP contribution in [0.4, 0.5) is 24.5 Å². The number of carbonyl (C=O) groups excluding carboxylic acids is 3. The minimum Gasteiger partial charge on any atom is -0.466 e. The van der Waals surface area contributed by atoms with Crippen molar-refractivity contribution in [1.82, 2.24) is 0 Å². The van der Waals surface area contributed by atoms with E-state index >= 15 is 0 Å². The largest absolute Gasteiger partial charge is 0.466 e. The third-order valence-electron chi connectivity index (χ3n) is 4.75. The number of nitrogens with one attached hydrogen (secondary N) is 1. The van der Waals surface area contributed by atoms with Crippen molar-refractivity contribution in [1.29, 1.82) is 0 Å². The molecule has 0 atom stereocenters. The van der Waals surface area contributed by atoms with Crippen LogP contribution in [0.3, 0.4) is 0 Å². The number of anilines is 2. The van der Waals surface area contributed by atoms with Gasteiger partial charge >= 0.3 is 18.1 Å². The van der Waals surface area contributed by atoms with E-state index in [0.717, 1.165) is 38.5 Å². The van der Waals surface area contributed by atoms with Crippen LogP contribution in [0, 0.1) is 0 Å². The molecule has 1 aliphatic rings. The van der Waals surface area contributed by atoms with Crippen molar-refractivity contribution < 1.29 is 41.8 Å². The van der Waals surface area contributed by atoms with Gasteiger partial charge in [0.2, 0.25) is 0 Å². The highest BCUT2D eigenvalue weighted by Gasteiger charge is 2.34. The molecule has 33 heavy (non-hydrogen) atoms. The molecule has 8 nitrogen and oxygen atoms in total. The first kappa shape index (κ1) is 23.8. The lowest BCUT2D eigenvalue weighted by atomic mass is 10.1. The first-order chi connectivity index (χ1) is 15.7.